The molecule has 1 aromatic rings. The summed E-state index contributed by atoms with van der Waals surface area (Å²) in [6.07, 6.45) is 6.38. The van der Waals surface area contributed by atoms with Crippen LogP contribution < -0.4 is 5.32 Å². The first kappa shape index (κ1) is 12.5. The Balaban J connectivity index is 1.79. The maximum absolute atomic E-state index is 5.77. The van der Waals surface area contributed by atoms with Crippen molar-refractivity contribution in [2.45, 2.75) is 45.4 Å². The molecule has 1 fully saturated rings. The van der Waals surface area contributed by atoms with Crippen molar-refractivity contribution in [1.82, 2.24) is 10.3 Å². The monoisotopic (exact) mass is 234 g/mol. The molecule has 0 amide bonds. The molecule has 0 aliphatic carbocycles. The highest BCUT2D eigenvalue weighted by Crippen LogP contribution is 2.20. The predicted molar refractivity (Wildman–Crippen MR) is 68.7 cm³/mol. The Morgan fingerprint density at radius 1 is 1.53 bits per heavy atom. The fourth-order valence-electron chi connectivity index (χ4n) is 2.24. The van der Waals surface area contributed by atoms with Crippen LogP contribution in [-0.2, 0) is 11.3 Å². The van der Waals surface area contributed by atoms with Crippen LogP contribution >= 0.6 is 0 Å². The lowest BCUT2D eigenvalue weighted by Gasteiger charge is -2.32. The third kappa shape index (κ3) is 3.79. The molecule has 1 aliphatic rings. The van der Waals surface area contributed by atoms with Gasteiger partial charge in [0.05, 0.1) is 6.10 Å². The van der Waals surface area contributed by atoms with Gasteiger partial charge in [-0.2, -0.15) is 0 Å². The Morgan fingerprint density at radius 2 is 2.41 bits per heavy atom. The van der Waals surface area contributed by atoms with Gasteiger partial charge >= 0.3 is 0 Å². The third-order valence-corrected chi connectivity index (χ3v) is 3.38. The van der Waals surface area contributed by atoms with Gasteiger partial charge in [0.25, 0.3) is 0 Å². The van der Waals surface area contributed by atoms with E-state index >= 15 is 0 Å². The van der Waals surface area contributed by atoms with Gasteiger partial charge in [-0.1, -0.05) is 19.9 Å². The largest absolute Gasteiger partial charge is 0.378 e. The summed E-state index contributed by atoms with van der Waals surface area (Å²) in [5, 5.41) is 3.60. The second-order valence-electron chi connectivity index (χ2n) is 5.12. The summed E-state index contributed by atoms with van der Waals surface area (Å²) in [7, 11) is 0. The third-order valence-electron chi connectivity index (χ3n) is 3.38. The molecule has 94 valence electrons. The molecule has 0 radical (unpaired) electrons. The van der Waals surface area contributed by atoms with Gasteiger partial charge in [0.2, 0.25) is 0 Å². The Morgan fingerprint density at radius 3 is 3.12 bits per heavy atom. The molecule has 2 rings (SSSR count). The van der Waals surface area contributed by atoms with Crippen molar-refractivity contribution in [3.8, 4) is 0 Å². The van der Waals surface area contributed by atoms with Crippen molar-refractivity contribution in [2.75, 3.05) is 6.61 Å². The number of rotatable bonds is 4. The number of nitrogens with zero attached hydrogens (tertiary/aromatic N) is 1. The SMILES string of the molecule is CC(C)C1CC(NCc2cccnc2)CCO1. The summed E-state index contributed by atoms with van der Waals surface area (Å²) in [6.45, 7) is 6.25. The molecule has 0 aromatic carbocycles. The van der Waals surface area contributed by atoms with Crippen LogP contribution in [-0.4, -0.2) is 23.7 Å². The standard InChI is InChI=1S/C14H22N2O/c1-11(2)14-8-13(5-7-17-14)16-10-12-4-3-6-15-9-12/h3-4,6,9,11,13-14,16H,5,7-8,10H2,1-2H3. The van der Waals surface area contributed by atoms with E-state index in [0.29, 0.717) is 18.1 Å². The average Bonchev–Trinajstić information content (AvgIpc) is 2.38. The maximum Gasteiger partial charge on any atom is 0.0612 e. The van der Waals surface area contributed by atoms with Crippen LogP contribution in [0.3, 0.4) is 0 Å². The van der Waals surface area contributed by atoms with Crippen LogP contribution in [0.4, 0.5) is 0 Å². The lowest BCUT2D eigenvalue weighted by atomic mass is 9.95. The van der Waals surface area contributed by atoms with Gasteiger partial charge in [-0.05, 0) is 30.4 Å². The van der Waals surface area contributed by atoms with Crippen LogP contribution in [0, 0.1) is 5.92 Å². The molecule has 2 unspecified atom stereocenters. The molecule has 0 spiro atoms. The first-order valence-electron chi connectivity index (χ1n) is 6.49. The lowest BCUT2D eigenvalue weighted by molar-refractivity contribution is -0.0245. The van der Waals surface area contributed by atoms with Crippen molar-refractivity contribution in [3.05, 3.63) is 30.1 Å². The molecule has 1 aliphatic heterocycles. The zero-order valence-electron chi connectivity index (χ0n) is 10.7. The van der Waals surface area contributed by atoms with Gasteiger partial charge < -0.3 is 10.1 Å². The zero-order valence-corrected chi connectivity index (χ0v) is 10.7. The van der Waals surface area contributed by atoms with E-state index in [2.05, 4.69) is 30.2 Å². The summed E-state index contributed by atoms with van der Waals surface area (Å²) in [5.74, 6) is 0.609. The topological polar surface area (TPSA) is 34.2 Å². The number of hydrogen-bond donors (Lipinski definition) is 1. The van der Waals surface area contributed by atoms with Crippen LogP contribution in [0.15, 0.2) is 24.5 Å². The highest BCUT2D eigenvalue weighted by atomic mass is 16.5. The summed E-state index contributed by atoms with van der Waals surface area (Å²) < 4.78 is 5.77. The van der Waals surface area contributed by atoms with Gasteiger partial charge in [0.15, 0.2) is 0 Å². The van der Waals surface area contributed by atoms with E-state index in [1.165, 1.54) is 5.56 Å². The Labute approximate surface area is 104 Å². The minimum Gasteiger partial charge on any atom is -0.378 e. The minimum atomic E-state index is 0.412. The lowest BCUT2D eigenvalue weighted by Crippen LogP contribution is -2.40. The Hall–Kier alpha value is -0.930. The molecule has 1 saturated heterocycles. The molecular formula is C14H22N2O. The van der Waals surface area contributed by atoms with Gasteiger partial charge in [-0.25, -0.2) is 0 Å². The molecule has 1 N–H and O–H groups in total. The molecule has 2 heterocycles. The summed E-state index contributed by atoms with van der Waals surface area (Å²) in [5.41, 5.74) is 1.25. The number of hydrogen-bond acceptors (Lipinski definition) is 3. The highest BCUT2D eigenvalue weighted by Gasteiger charge is 2.24. The summed E-state index contributed by atoms with van der Waals surface area (Å²) >= 11 is 0. The number of ether oxygens (including phenoxy) is 1. The Kier molecular flexibility index (Phi) is 4.51. The first-order valence-corrected chi connectivity index (χ1v) is 6.49. The van der Waals surface area contributed by atoms with Crippen LogP contribution in [0.1, 0.15) is 32.3 Å². The molecule has 2 atom stereocenters. The van der Waals surface area contributed by atoms with E-state index < -0.39 is 0 Å². The maximum atomic E-state index is 5.77. The van der Waals surface area contributed by atoms with Crippen molar-refractivity contribution < 1.29 is 4.74 Å². The van der Waals surface area contributed by atoms with E-state index in [-0.39, 0.29) is 0 Å². The normalized spacial score (nSPS) is 25.1. The summed E-state index contributed by atoms with van der Waals surface area (Å²) in [6, 6.07) is 4.67. The molecule has 1 aromatic heterocycles. The smallest absolute Gasteiger partial charge is 0.0612 e. The summed E-state index contributed by atoms with van der Waals surface area (Å²) in [4.78, 5) is 4.13. The molecule has 3 heteroatoms. The van der Waals surface area contributed by atoms with Crippen LogP contribution in [0.2, 0.25) is 0 Å². The number of pyridine rings is 1. The van der Waals surface area contributed by atoms with Crippen molar-refractivity contribution in [1.29, 1.82) is 0 Å². The molecule has 0 saturated carbocycles. The van der Waals surface area contributed by atoms with Gasteiger partial charge in [0, 0.05) is 31.6 Å². The second kappa shape index (κ2) is 6.12. The van der Waals surface area contributed by atoms with E-state index in [1.807, 2.05) is 18.5 Å². The van der Waals surface area contributed by atoms with Gasteiger partial charge in [0.1, 0.15) is 0 Å². The predicted octanol–water partition coefficient (Wildman–Crippen LogP) is 2.37. The fraction of sp³-hybridized carbons (Fsp3) is 0.643. The van der Waals surface area contributed by atoms with E-state index in [1.54, 1.807) is 0 Å². The quantitative estimate of drug-likeness (QED) is 0.868. The average molecular weight is 234 g/mol. The molecular weight excluding hydrogens is 212 g/mol. The van der Waals surface area contributed by atoms with E-state index in [9.17, 15) is 0 Å². The number of aromatic nitrogens is 1. The van der Waals surface area contributed by atoms with Crippen molar-refractivity contribution >= 4 is 0 Å². The second-order valence-corrected chi connectivity index (χ2v) is 5.12. The first-order chi connectivity index (χ1) is 8.25. The van der Waals surface area contributed by atoms with E-state index in [4.69, 9.17) is 4.74 Å². The fourth-order valence-corrected chi connectivity index (χ4v) is 2.24. The van der Waals surface area contributed by atoms with Crippen molar-refractivity contribution in [2.24, 2.45) is 5.92 Å². The zero-order chi connectivity index (χ0) is 12.1. The molecule has 17 heavy (non-hydrogen) atoms. The van der Waals surface area contributed by atoms with Gasteiger partial charge in [-0.3, -0.25) is 4.98 Å². The van der Waals surface area contributed by atoms with Crippen LogP contribution in [0.5, 0.6) is 0 Å². The van der Waals surface area contributed by atoms with Gasteiger partial charge in [-0.15, -0.1) is 0 Å². The van der Waals surface area contributed by atoms with Crippen LogP contribution in [0.25, 0.3) is 0 Å². The van der Waals surface area contributed by atoms with E-state index in [0.717, 1.165) is 26.0 Å². The Bertz CT molecular complexity index is 326. The minimum absolute atomic E-state index is 0.412. The molecule has 0 bridgehead atoms. The molecule has 3 nitrogen and oxygen atoms in total. The van der Waals surface area contributed by atoms with Crippen molar-refractivity contribution in [3.63, 3.8) is 0 Å². The highest BCUT2D eigenvalue weighted by molar-refractivity contribution is 5.08. The number of nitrogens with one attached hydrogen (secondary N) is 1.